The summed E-state index contributed by atoms with van der Waals surface area (Å²) in [7, 11) is 0. The van der Waals surface area contributed by atoms with Crippen LogP contribution in [-0.4, -0.2) is 66.6 Å². The van der Waals surface area contributed by atoms with E-state index in [9.17, 15) is 0 Å². The maximum atomic E-state index is 8.44. The SMILES string of the molecule is O=S([O-])[O-].O=S([O-])[O-].O=S([O-])[O-].O=S([O-])[O-].O=S([O-])[O-].[V].[V]. The van der Waals surface area contributed by atoms with E-state index in [0.29, 0.717) is 0 Å². The third-order valence-corrected chi connectivity index (χ3v) is 0. The van der Waals surface area contributed by atoms with Gasteiger partial charge in [-0.05, 0) is 0 Å². The van der Waals surface area contributed by atoms with E-state index in [1.54, 1.807) is 0 Å². The van der Waals surface area contributed by atoms with Crippen LogP contribution in [0.2, 0.25) is 0 Å². The van der Waals surface area contributed by atoms with Gasteiger partial charge in [0, 0.05) is 37.1 Å². The summed E-state index contributed by atoms with van der Waals surface area (Å²) in [6.07, 6.45) is 0. The van der Waals surface area contributed by atoms with E-state index >= 15 is 0 Å². The van der Waals surface area contributed by atoms with E-state index in [1.807, 2.05) is 0 Å². The van der Waals surface area contributed by atoms with E-state index in [0.717, 1.165) is 0 Å². The molecule has 0 aliphatic heterocycles. The maximum absolute atomic E-state index is 8.44. The van der Waals surface area contributed by atoms with E-state index in [1.165, 1.54) is 0 Å². The molecule has 0 aliphatic rings. The van der Waals surface area contributed by atoms with E-state index in [-0.39, 0.29) is 37.1 Å². The number of hydrogen-bond donors (Lipinski definition) is 0. The molecule has 0 aliphatic carbocycles. The summed E-state index contributed by atoms with van der Waals surface area (Å²) in [6.45, 7) is 0. The molecule has 0 aromatic carbocycles. The maximum Gasteiger partial charge on any atom is 0 e. The molecule has 15 nitrogen and oxygen atoms in total. The zero-order chi connectivity index (χ0) is 17.9. The molecule has 22 heteroatoms. The molecule has 0 bridgehead atoms. The molecule has 0 atom stereocenters. The van der Waals surface area contributed by atoms with Gasteiger partial charge in [0.25, 0.3) is 0 Å². The second kappa shape index (κ2) is 38.2. The van der Waals surface area contributed by atoms with Crippen LogP contribution < -0.4 is 0 Å². The fraction of sp³-hybridized carbons (Fsp3) is 0. The van der Waals surface area contributed by atoms with Crippen molar-refractivity contribution in [3.8, 4) is 0 Å². The molecule has 0 aromatic heterocycles. The van der Waals surface area contributed by atoms with Crippen LogP contribution in [0.5, 0.6) is 0 Å². The molecule has 140 valence electrons. The molecule has 0 rings (SSSR count). The summed E-state index contributed by atoms with van der Waals surface area (Å²) in [4.78, 5) is 0. The van der Waals surface area contributed by atoms with Crippen LogP contribution >= 0.6 is 0 Å². The van der Waals surface area contributed by atoms with Crippen LogP contribution in [0.3, 0.4) is 0 Å². The van der Waals surface area contributed by atoms with E-state index in [4.69, 9.17) is 66.6 Å². The third-order valence-electron chi connectivity index (χ3n) is 0. The first-order valence-corrected chi connectivity index (χ1v) is 7.50. The summed E-state index contributed by atoms with van der Waals surface area (Å²) in [5, 5.41) is 0. The summed E-state index contributed by atoms with van der Waals surface area (Å²) in [5.74, 6) is 0. The minimum Gasteiger partial charge on any atom is -0.784 e. The van der Waals surface area contributed by atoms with Gasteiger partial charge in [0.15, 0.2) is 0 Å². The van der Waals surface area contributed by atoms with Gasteiger partial charge in [-0.15, -0.1) is 56.8 Å². The zero-order valence-electron chi connectivity index (χ0n) is 9.06. The van der Waals surface area contributed by atoms with E-state index < -0.39 is 56.8 Å². The normalized spacial score (nSPS) is 7.95. The summed E-state index contributed by atoms with van der Waals surface area (Å²) in [6, 6.07) is 0. The van der Waals surface area contributed by atoms with Crippen LogP contribution in [0, 0.1) is 0 Å². The van der Waals surface area contributed by atoms with E-state index in [2.05, 4.69) is 0 Å². The van der Waals surface area contributed by atoms with Gasteiger partial charge in [0.1, 0.15) is 0 Å². The number of hydrogen-bond acceptors (Lipinski definition) is 15. The topological polar surface area (TPSA) is 316 Å². The molecule has 0 spiro atoms. The Kier molecular flexibility index (Phi) is 75.9. The first kappa shape index (κ1) is 43.7. The Morgan fingerprint density at radius 3 is 0.318 bits per heavy atom. The average Bonchev–Trinajstić information content (AvgIpc) is 1.94. The predicted molar refractivity (Wildman–Crippen MR) is 48.5 cm³/mol. The van der Waals surface area contributed by atoms with Crippen LogP contribution in [0.25, 0.3) is 0 Å². The van der Waals surface area contributed by atoms with Crippen molar-refractivity contribution in [3.63, 3.8) is 0 Å². The number of rotatable bonds is 0. The summed E-state index contributed by atoms with van der Waals surface area (Å²) < 4.78 is 127. The van der Waals surface area contributed by atoms with Crippen molar-refractivity contribution in [2.75, 3.05) is 0 Å². The molecule has 0 aromatic rings. The van der Waals surface area contributed by atoms with Crippen molar-refractivity contribution in [3.05, 3.63) is 0 Å². The molecule has 0 amide bonds. The van der Waals surface area contributed by atoms with Crippen molar-refractivity contribution in [1.82, 2.24) is 0 Å². The Morgan fingerprint density at radius 1 is 0.318 bits per heavy atom. The molecule has 0 N–H and O–H groups in total. The molecule has 0 saturated carbocycles. The Morgan fingerprint density at radius 2 is 0.318 bits per heavy atom. The van der Waals surface area contributed by atoms with Gasteiger partial charge in [-0.25, -0.2) is 0 Å². The van der Waals surface area contributed by atoms with Gasteiger partial charge in [0.05, 0.1) is 0 Å². The monoisotopic (exact) mass is 502 g/mol. The average molecular weight is 502 g/mol. The van der Waals surface area contributed by atoms with Gasteiger partial charge < -0.3 is 45.5 Å². The Hall–Kier alpha value is 1.52. The van der Waals surface area contributed by atoms with Crippen LogP contribution in [0.1, 0.15) is 0 Å². The Balaban J connectivity index is -0.0000000250. The molecule has 2 radical (unpaired) electrons. The van der Waals surface area contributed by atoms with Crippen molar-refractivity contribution >= 4 is 56.8 Å². The molecule has 0 fully saturated rings. The fourth-order valence-electron chi connectivity index (χ4n) is 0. The van der Waals surface area contributed by atoms with Gasteiger partial charge in [0.2, 0.25) is 0 Å². The largest absolute Gasteiger partial charge is 0.784 e. The summed E-state index contributed by atoms with van der Waals surface area (Å²) in [5.41, 5.74) is 0. The third kappa shape index (κ3) is 3930. The summed E-state index contributed by atoms with van der Waals surface area (Å²) >= 11 is -15.6. The molecular formula is O15S5V2-10. The predicted octanol–water partition coefficient (Wildman–Crippen LogP) is -5.03. The minimum absolute atomic E-state index is 0. The van der Waals surface area contributed by atoms with Crippen molar-refractivity contribution in [2.45, 2.75) is 0 Å². The first-order chi connectivity index (χ1) is 8.66. The van der Waals surface area contributed by atoms with Crippen molar-refractivity contribution < 1.29 is 104 Å². The van der Waals surface area contributed by atoms with Crippen LogP contribution in [0.4, 0.5) is 0 Å². The Bertz CT molecular complexity index is 211. The second-order valence-corrected chi connectivity index (χ2v) is 3.06. The second-order valence-electron chi connectivity index (χ2n) is 1.02. The van der Waals surface area contributed by atoms with Gasteiger partial charge in [-0.3, -0.25) is 21.0 Å². The smallest absolute Gasteiger partial charge is 0 e. The molecule has 0 unspecified atom stereocenters. The first-order valence-electron chi connectivity index (χ1n) is 2.50. The minimum atomic E-state index is -3.11. The molecular weight excluding hydrogens is 502 g/mol. The molecule has 22 heavy (non-hydrogen) atoms. The fourth-order valence-corrected chi connectivity index (χ4v) is 0. The molecule has 0 saturated heterocycles. The Labute approximate surface area is 159 Å². The standard InChI is InChI=1S/5H2O3S.2V/c5*1-4(2)3;;/h5*(H2,1,2,3);;/p-10. The van der Waals surface area contributed by atoms with Gasteiger partial charge in [-0.2, -0.15) is 0 Å². The van der Waals surface area contributed by atoms with Crippen molar-refractivity contribution in [1.29, 1.82) is 0 Å². The van der Waals surface area contributed by atoms with Crippen LogP contribution in [-0.2, 0) is 93.9 Å². The quantitative estimate of drug-likeness (QED) is 0.280. The van der Waals surface area contributed by atoms with Gasteiger partial charge >= 0.3 is 0 Å². The van der Waals surface area contributed by atoms with Gasteiger partial charge in [-0.1, -0.05) is 0 Å². The van der Waals surface area contributed by atoms with Crippen molar-refractivity contribution in [2.24, 2.45) is 0 Å². The molecule has 0 heterocycles. The zero-order valence-corrected chi connectivity index (χ0v) is 15.9. The van der Waals surface area contributed by atoms with Crippen LogP contribution in [0.15, 0.2) is 0 Å².